The van der Waals surface area contributed by atoms with Crippen LogP contribution < -0.4 is 5.32 Å². The molecule has 1 heterocycles. The minimum absolute atomic E-state index is 0.0962. The number of rotatable bonds is 3. The van der Waals surface area contributed by atoms with Crippen molar-refractivity contribution in [3.8, 4) is 0 Å². The highest BCUT2D eigenvalue weighted by atomic mass is 16.2. The topological polar surface area (TPSA) is 49.4 Å². The van der Waals surface area contributed by atoms with Crippen LogP contribution in [-0.4, -0.2) is 35.3 Å². The third kappa shape index (κ3) is 3.18. The first-order valence-corrected chi connectivity index (χ1v) is 8.21. The van der Waals surface area contributed by atoms with Crippen molar-refractivity contribution in [3.05, 3.63) is 71.3 Å². The van der Waals surface area contributed by atoms with E-state index in [2.05, 4.69) is 17.4 Å². The van der Waals surface area contributed by atoms with Crippen molar-refractivity contribution >= 4 is 11.8 Å². The lowest BCUT2D eigenvalue weighted by Crippen LogP contribution is -2.63. The van der Waals surface area contributed by atoms with Crippen molar-refractivity contribution in [1.29, 1.82) is 0 Å². The fourth-order valence-electron chi connectivity index (χ4n) is 3.01. The van der Waals surface area contributed by atoms with Gasteiger partial charge in [0.1, 0.15) is 5.54 Å². The summed E-state index contributed by atoms with van der Waals surface area (Å²) in [6.45, 7) is 4.59. The number of nitrogens with zero attached hydrogens (tertiary/aromatic N) is 1. The van der Waals surface area contributed by atoms with Crippen molar-refractivity contribution in [1.82, 2.24) is 10.2 Å². The molecular weight excluding hydrogens is 300 g/mol. The second-order valence-corrected chi connectivity index (χ2v) is 6.63. The van der Waals surface area contributed by atoms with Gasteiger partial charge in [-0.3, -0.25) is 9.59 Å². The molecular formula is C20H22N2O2. The molecule has 0 unspecified atom stereocenters. The molecule has 1 fully saturated rings. The molecule has 3 rings (SSSR count). The highest BCUT2D eigenvalue weighted by Crippen LogP contribution is 2.21. The van der Waals surface area contributed by atoms with E-state index in [9.17, 15) is 9.59 Å². The summed E-state index contributed by atoms with van der Waals surface area (Å²) in [6, 6.07) is 17.9. The Bertz CT molecular complexity index is 736. The van der Waals surface area contributed by atoms with E-state index in [0.717, 1.165) is 12.0 Å². The predicted octanol–water partition coefficient (Wildman–Crippen LogP) is 2.63. The van der Waals surface area contributed by atoms with E-state index in [1.54, 1.807) is 18.7 Å². The highest BCUT2D eigenvalue weighted by Gasteiger charge is 2.40. The van der Waals surface area contributed by atoms with Gasteiger partial charge in [-0.1, -0.05) is 42.5 Å². The van der Waals surface area contributed by atoms with Crippen LogP contribution in [0.5, 0.6) is 0 Å². The average Bonchev–Trinajstić information content (AvgIpc) is 2.58. The molecule has 0 atom stereocenters. The number of carbonyl (C=O) groups is 2. The zero-order chi connectivity index (χ0) is 17.2. The highest BCUT2D eigenvalue weighted by molar-refractivity contribution is 5.99. The van der Waals surface area contributed by atoms with Crippen molar-refractivity contribution in [2.45, 2.75) is 25.8 Å². The van der Waals surface area contributed by atoms with Crippen LogP contribution in [0.4, 0.5) is 0 Å². The molecule has 0 aliphatic carbocycles. The van der Waals surface area contributed by atoms with E-state index in [4.69, 9.17) is 0 Å². The van der Waals surface area contributed by atoms with Crippen LogP contribution >= 0.6 is 0 Å². The van der Waals surface area contributed by atoms with Gasteiger partial charge in [0.25, 0.3) is 5.91 Å². The Balaban J connectivity index is 1.75. The van der Waals surface area contributed by atoms with Gasteiger partial charge < -0.3 is 10.2 Å². The summed E-state index contributed by atoms with van der Waals surface area (Å²) in [4.78, 5) is 26.4. The number of hydrogen-bond acceptors (Lipinski definition) is 2. The Morgan fingerprint density at radius 1 is 1.04 bits per heavy atom. The van der Waals surface area contributed by atoms with Gasteiger partial charge in [-0.25, -0.2) is 0 Å². The Morgan fingerprint density at radius 3 is 2.33 bits per heavy atom. The molecule has 0 aromatic heterocycles. The molecule has 0 radical (unpaired) electrons. The molecule has 1 saturated heterocycles. The number of carbonyl (C=O) groups excluding carboxylic acids is 2. The number of benzene rings is 2. The van der Waals surface area contributed by atoms with E-state index in [1.165, 1.54) is 5.56 Å². The third-order valence-electron chi connectivity index (χ3n) is 4.55. The lowest BCUT2D eigenvalue weighted by atomic mass is 9.97. The maximum atomic E-state index is 12.8. The van der Waals surface area contributed by atoms with Crippen molar-refractivity contribution in [3.63, 3.8) is 0 Å². The van der Waals surface area contributed by atoms with Gasteiger partial charge in [-0.15, -0.1) is 0 Å². The average molecular weight is 322 g/mol. The van der Waals surface area contributed by atoms with Gasteiger partial charge in [-0.05, 0) is 43.5 Å². The molecule has 0 saturated carbocycles. The molecule has 1 N–H and O–H groups in total. The molecule has 1 aliphatic heterocycles. The van der Waals surface area contributed by atoms with E-state index in [0.29, 0.717) is 18.7 Å². The van der Waals surface area contributed by atoms with Crippen LogP contribution in [0.25, 0.3) is 0 Å². The van der Waals surface area contributed by atoms with Gasteiger partial charge in [0, 0.05) is 18.7 Å². The summed E-state index contributed by atoms with van der Waals surface area (Å²) in [5.41, 5.74) is 2.20. The van der Waals surface area contributed by atoms with Crippen LogP contribution in [0, 0.1) is 0 Å². The first-order chi connectivity index (χ1) is 11.5. The quantitative estimate of drug-likeness (QED) is 0.944. The molecule has 2 aromatic rings. The van der Waals surface area contributed by atoms with Crippen LogP contribution in [-0.2, 0) is 11.2 Å². The maximum absolute atomic E-state index is 12.8. The monoisotopic (exact) mass is 322 g/mol. The van der Waals surface area contributed by atoms with Crippen molar-refractivity contribution in [2.75, 3.05) is 13.1 Å². The van der Waals surface area contributed by atoms with Crippen molar-refractivity contribution in [2.24, 2.45) is 0 Å². The zero-order valence-electron chi connectivity index (χ0n) is 14.1. The summed E-state index contributed by atoms with van der Waals surface area (Å²) in [6.07, 6.45) is 0.840. The summed E-state index contributed by atoms with van der Waals surface area (Å²) < 4.78 is 0. The number of piperazine rings is 1. The van der Waals surface area contributed by atoms with E-state index >= 15 is 0 Å². The molecule has 124 valence electrons. The summed E-state index contributed by atoms with van der Waals surface area (Å²) in [5, 5.41) is 2.81. The molecule has 4 heteroatoms. The van der Waals surface area contributed by atoms with Crippen molar-refractivity contribution < 1.29 is 9.59 Å². The lowest BCUT2D eigenvalue weighted by Gasteiger charge is -2.41. The Hall–Kier alpha value is -2.62. The molecule has 4 nitrogen and oxygen atoms in total. The standard InChI is InChI=1S/C20H22N2O2/c1-20(2)19(24)21-12-13-22(20)18(23)17-10-8-16(9-11-17)14-15-6-4-3-5-7-15/h3-11H,12-14H2,1-2H3,(H,21,24). The SMILES string of the molecule is CC1(C)C(=O)NCCN1C(=O)c1ccc(Cc2ccccc2)cc1. The number of amides is 2. The van der Waals surface area contributed by atoms with E-state index in [-0.39, 0.29) is 11.8 Å². The first kappa shape index (κ1) is 16.2. The zero-order valence-corrected chi connectivity index (χ0v) is 14.1. The Kier molecular flexibility index (Phi) is 4.38. The fourth-order valence-corrected chi connectivity index (χ4v) is 3.01. The third-order valence-corrected chi connectivity index (χ3v) is 4.55. The van der Waals surface area contributed by atoms with Gasteiger partial charge >= 0.3 is 0 Å². The smallest absolute Gasteiger partial charge is 0.254 e. The van der Waals surface area contributed by atoms with Gasteiger partial charge in [-0.2, -0.15) is 0 Å². The minimum atomic E-state index is -0.821. The molecule has 24 heavy (non-hydrogen) atoms. The second kappa shape index (κ2) is 6.48. The largest absolute Gasteiger partial charge is 0.352 e. The van der Waals surface area contributed by atoms with Gasteiger partial charge in [0.2, 0.25) is 5.91 Å². The lowest BCUT2D eigenvalue weighted by molar-refractivity contribution is -0.133. The van der Waals surface area contributed by atoms with Crippen LogP contribution in [0.3, 0.4) is 0 Å². The van der Waals surface area contributed by atoms with Crippen LogP contribution in [0.1, 0.15) is 35.3 Å². The molecule has 1 aliphatic rings. The van der Waals surface area contributed by atoms with Gasteiger partial charge in [0.15, 0.2) is 0 Å². The fraction of sp³-hybridized carbons (Fsp3) is 0.300. The van der Waals surface area contributed by atoms with E-state index in [1.807, 2.05) is 42.5 Å². The normalized spacial score (nSPS) is 16.6. The second-order valence-electron chi connectivity index (χ2n) is 6.63. The number of nitrogens with one attached hydrogen (secondary N) is 1. The molecule has 0 spiro atoms. The Labute approximate surface area is 142 Å². The first-order valence-electron chi connectivity index (χ1n) is 8.21. The molecule has 2 aromatic carbocycles. The Morgan fingerprint density at radius 2 is 1.67 bits per heavy atom. The van der Waals surface area contributed by atoms with Gasteiger partial charge in [0.05, 0.1) is 0 Å². The summed E-state index contributed by atoms with van der Waals surface area (Å²) >= 11 is 0. The summed E-state index contributed by atoms with van der Waals surface area (Å²) in [7, 11) is 0. The van der Waals surface area contributed by atoms with E-state index < -0.39 is 5.54 Å². The maximum Gasteiger partial charge on any atom is 0.254 e. The molecule has 0 bridgehead atoms. The van der Waals surface area contributed by atoms with Crippen LogP contribution in [0.2, 0.25) is 0 Å². The predicted molar refractivity (Wildman–Crippen MR) is 93.8 cm³/mol. The minimum Gasteiger partial charge on any atom is -0.352 e. The summed E-state index contributed by atoms with van der Waals surface area (Å²) in [5.74, 6) is -0.205. The van der Waals surface area contributed by atoms with Crippen LogP contribution in [0.15, 0.2) is 54.6 Å². The number of hydrogen-bond donors (Lipinski definition) is 1. The molecule has 2 amide bonds.